The normalized spacial score (nSPS) is 11.6. The number of benzene rings is 2. The van der Waals surface area contributed by atoms with E-state index >= 15 is 0 Å². The van der Waals surface area contributed by atoms with Gasteiger partial charge in [-0.15, -0.1) is 0 Å². The van der Waals surface area contributed by atoms with Crippen LogP contribution < -0.4 is 5.32 Å². The molecule has 2 N–H and O–H groups in total. The molecule has 0 heterocycles. The first-order valence-electron chi connectivity index (χ1n) is 4.70. The zero-order valence-corrected chi connectivity index (χ0v) is 9.45. The van der Waals surface area contributed by atoms with E-state index < -0.39 is 10.1 Å². The lowest BCUT2D eigenvalue weighted by molar-refractivity contribution is 0.483. The molecule has 0 saturated heterocycles. The van der Waals surface area contributed by atoms with Gasteiger partial charge in [0.25, 0.3) is 10.1 Å². The van der Waals surface area contributed by atoms with Gasteiger partial charge in [0.15, 0.2) is 0 Å². The van der Waals surface area contributed by atoms with E-state index in [1.54, 1.807) is 13.1 Å². The Labute approximate surface area is 93.7 Å². The number of nitrogens with one attached hydrogen (secondary N) is 1. The average molecular weight is 237 g/mol. The van der Waals surface area contributed by atoms with Gasteiger partial charge in [0.2, 0.25) is 0 Å². The molecule has 0 aliphatic carbocycles. The van der Waals surface area contributed by atoms with Crippen LogP contribution in [0, 0.1) is 0 Å². The molecule has 2 rings (SSSR count). The van der Waals surface area contributed by atoms with Gasteiger partial charge in [0, 0.05) is 18.1 Å². The van der Waals surface area contributed by atoms with Crippen molar-refractivity contribution < 1.29 is 13.0 Å². The fourth-order valence-corrected chi connectivity index (χ4v) is 2.14. The zero-order valence-electron chi connectivity index (χ0n) is 8.64. The fraction of sp³-hybridized carbons (Fsp3) is 0.0909. The third-order valence-corrected chi connectivity index (χ3v) is 3.27. The van der Waals surface area contributed by atoms with Gasteiger partial charge in [-0.25, -0.2) is 0 Å². The predicted octanol–water partition coefficient (Wildman–Crippen LogP) is 2.13. The maximum Gasteiger partial charge on any atom is 0.294 e. The maximum atomic E-state index is 11.0. The van der Waals surface area contributed by atoms with Crippen molar-refractivity contribution in [1.82, 2.24) is 0 Å². The van der Waals surface area contributed by atoms with Gasteiger partial charge in [-0.05, 0) is 23.6 Å². The van der Waals surface area contributed by atoms with Gasteiger partial charge in [-0.3, -0.25) is 4.55 Å². The molecule has 84 valence electrons. The van der Waals surface area contributed by atoms with E-state index in [2.05, 4.69) is 5.32 Å². The summed E-state index contributed by atoms with van der Waals surface area (Å²) in [6.45, 7) is 0. The van der Waals surface area contributed by atoms with Crippen molar-refractivity contribution in [2.45, 2.75) is 4.90 Å². The molecule has 2 aromatic carbocycles. The highest BCUT2D eigenvalue weighted by molar-refractivity contribution is 7.85. The third-order valence-electron chi connectivity index (χ3n) is 2.42. The summed E-state index contributed by atoms with van der Waals surface area (Å²) >= 11 is 0. The van der Waals surface area contributed by atoms with Crippen LogP contribution in [0.3, 0.4) is 0 Å². The van der Waals surface area contributed by atoms with Crippen molar-refractivity contribution in [3.05, 3.63) is 36.4 Å². The molecular weight excluding hydrogens is 226 g/mol. The number of rotatable bonds is 2. The van der Waals surface area contributed by atoms with E-state index in [0.29, 0.717) is 0 Å². The molecule has 5 heteroatoms. The molecule has 0 bridgehead atoms. The summed E-state index contributed by atoms with van der Waals surface area (Å²) in [6, 6.07) is 10.1. The van der Waals surface area contributed by atoms with Crippen LogP contribution in [0.25, 0.3) is 10.8 Å². The molecule has 0 amide bonds. The van der Waals surface area contributed by atoms with Crippen LogP contribution in [0.5, 0.6) is 0 Å². The molecule has 0 aliphatic rings. The van der Waals surface area contributed by atoms with Crippen LogP contribution in [0.2, 0.25) is 0 Å². The molecule has 2 aromatic rings. The summed E-state index contributed by atoms with van der Waals surface area (Å²) in [6.07, 6.45) is 0. The van der Waals surface area contributed by atoms with E-state index in [-0.39, 0.29) is 4.90 Å². The minimum absolute atomic E-state index is 0.0947. The Kier molecular flexibility index (Phi) is 2.57. The van der Waals surface area contributed by atoms with Crippen LogP contribution in [-0.4, -0.2) is 20.0 Å². The largest absolute Gasteiger partial charge is 0.388 e. The van der Waals surface area contributed by atoms with Crippen LogP contribution in [0.15, 0.2) is 41.3 Å². The van der Waals surface area contributed by atoms with Crippen LogP contribution >= 0.6 is 0 Å². The number of hydrogen-bond acceptors (Lipinski definition) is 3. The van der Waals surface area contributed by atoms with Crippen molar-refractivity contribution in [1.29, 1.82) is 0 Å². The Morgan fingerprint density at radius 2 is 1.94 bits per heavy atom. The van der Waals surface area contributed by atoms with E-state index in [1.165, 1.54) is 12.1 Å². The Balaban J connectivity index is 2.78. The van der Waals surface area contributed by atoms with E-state index in [0.717, 1.165) is 16.5 Å². The highest BCUT2D eigenvalue weighted by atomic mass is 32.2. The lowest BCUT2D eigenvalue weighted by Crippen LogP contribution is -1.98. The second kappa shape index (κ2) is 3.77. The Morgan fingerprint density at radius 1 is 1.19 bits per heavy atom. The molecule has 4 nitrogen and oxygen atoms in total. The van der Waals surface area contributed by atoms with Crippen LogP contribution in [0.4, 0.5) is 5.69 Å². The van der Waals surface area contributed by atoms with Gasteiger partial charge in [-0.2, -0.15) is 8.42 Å². The molecule has 0 spiro atoms. The summed E-state index contributed by atoms with van der Waals surface area (Å²) < 4.78 is 31.0. The topological polar surface area (TPSA) is 66.4 Å². The summed E-state index contributed by atoms with van der Waals surface area (Å²) in [5.41, 5.74) is 0.822. The van der Waals surface area contributed by atoms with Crippen molar-refractivity contribution in [2.24, 2.45) is 0 Å². The molecule has 16 heavy (non-hydrogen) atoms. The van der Waals surface area contributed by atoms with Gasteiger partial charge in [0.05, 0.1) is 4.90 Å². The maximum absolute atomic E-state index is 11.0. The van der Waals surface area contributed by atoms with Gasteiger partial charge in [0.1, 0.15) is 0 Å². The predicted molar refractivity (Wildman–Crippen MR) is 63.3 cm³/mol. The average Bonchev–Trinajstić information content (AvgIpc) is 2.26. The lowest BCUT2D eigenvalue weighted by Gasteiger charge is -2.06. The third kappa shape index (κ3) is 1.87. The molecule has 0 aromatic heterocycles. The number of hydrogen-bond donors (Lipinski definition) is 2. The fourth-order valence-electron chi connectivity index (χ4n) is 1.63. The van der Waals surface area contributed by atoms with E-state index in [1.807, 2.05) is 18.2 Å². The van der Waals surface area contributed by atoms with Gasteiger partial charge in [-0.1, -0.05) is 18.2 Å². The summed E-state index contributed by atoms with van der Waals surface area (Å²) in [5.74, 6) is 0. The molecule has 0 fully saturated rings. The van der Waals surface area contributed by atoms with Crippen molar-refractivity contribution >= 4 is 26.6 Å². The Morgan fingerprint density at radius 3 is 2.56 bits per heavy atom. The SMILES string of the molecule is CNc1cccc2ccc(S(=O)(=O)O)cc12. The molecule has 0 radical (unpaired) electrons. The minimum Gasteiger partial charge on any atom is -0.388 e. The standard InChI is InChI=1S/C11H11NO3S/c1-12-11-4-2-3-8-5-6-9(7-10(8)11)16(13,14)15/h2-7,12H,1H3,(H,13,14,15). The highest BCUT2D eigenvalue weighted by Crippen LogP contribution is 2.25. The van der Waals surface area contributed by atoms with E-state index in [4.69, 9.17) is 4.55 Å². The van der Waals surface area contributed by atoms with Crippen molar-refractivity contribution in [3.63, 3.8) is 0 Å². The number of fused-ring (bicyclic) bond motifs is 1. The van der Waals surface area contributed by atoms with Crippen LogP contribution in [-0.2, 0) is 10.1 Å². The first-order chi connectivity index (χ1) is 7.52. The molecule has 0 unspecified atom stereocenters. The molecular formula is C11H11NO3S. The first-order valence-corrected chi connectivity index (χ1v) is 6.14. The lowest BCUT2D eigenvalue weighted by atomic mass is 10.1. The summed E-state index contributed by atoms with van der Waals surface area (Å²) in [5, 5.41) is 4.65. The molecule has 0 aliphatic heterocycles. The second-order valence-corrected chi connectivity index (χ2v) is 4.84. The van der Waals surface area contributed by atoms with Crippen molar-refractivity contribution in [2.75, 3.05) is 12.4 Å². The zero-order chi connectivity index (χ0) is 11.8. The Hall–Kier alpha value is -1.59. The quantitative estimate of drug-likeness (QED) is 0.785. The monoisotopic (exact) mass is 237 g/mol. The van der Waals surface area contributed by atoms with Gasteiger partial charge >= 0.3 is 0 Å². The van der Waals surface area contributed by atoms with Crippen molar-refractivity contribution in [3.8, 4) is 0 Å². The summed E-state index contributed by atoms with van der Waals surface area (Å²) in [7, 11) is -2.39. The Bertz CT molecular complexity index is 635. The summed E-state index contributed by atoms with van der Waals surface area (Å²) in [4.78, 5) is -0.0947. The minimum atomic E-state index is -4.15. The highest BCUT2D eigenvalue weighted by Gasteiger charge is 2.10. The molecule has 0 atom stereocenters. The number of anilines is 1. The first kappa shape index (κ1) is 10.9. The second-order valence-electron chi connectivity index (χ2n) is 3.41. The van der Waals surface area contributed by atoms with Gasteiger partial charge < -0.3 is 5.32 Å². The van der Waals surface area contributed by atoms with E-state index in [9.17, 15) is 8.42 Å². The smallest absolute Gasteiger partial charge is 0.294 e. The molecule has 0 saturated carbocycles. The van der Waals surface area contributed by atoms with Crippen LogP contribution in [0.1, 0.15) is 0 Å².